The lowest BCUT2D eigenvalue weighted by Crippen LogP contribution is -2.41. The van der Waals surface area contributed by atoms with Gasteiger partial charge in [-0.25, -0.2) is 4.79 Å². The van der Waals surface area contributed by atoms with Gasteiger partial charge in [0.15, 0.2) is 0 Å². The SMILES string of the molecule is C#CC[C@H]1CCC[C@]1(OC(=O)OC(C)(C)C)C(=C)C. The lowest BCUT2D eigenvalue weighted by atomic mass is 9.83. The Labute approximate surface area is 116 Å². The van der Waals surface area contributed by atoms with Gasteiger partial charge < -0.3 is 9.47 Å². The van der Waals surface area contributed by atoms with E-state index in [-0.39, 0.29) is 5.92 Å². The molecule has 19 heavy (non-hydrogen) atoms. The topological polar surface area (TPSA) is 35.5 Å². The van der Waals surface area contributed by atoms with Crippen LogP contribution in [0.15, 0.2) is 12.2 Å². The highest BCUT2D eigenvalue weighted by atomic mass is 16.7. The minimum Gasteiger partial charge on any atom is -0.429 e. The smallest absolute Gasteiger partial charge is 0.429 e. The third-order valence-corrected chi connectivity index (χ3v) is 3.50. The van der Waals surface area contributed by atoms with Crippen molar-refractivity contribution in [2.45, 2.75) is 64.6 Å². The second-order valence-electron chi connectivity index (χ2n) is 6.23. The third kappa shape index (κ3) is 3.76. The number of ether oxygens (including phenoxy) is 2. The Kier molecular flexibility index (Phi) is 4.68. The van der Waals surface area contributed by atoms with Crippen molar-refractivity contribution in [2.24, 2.45) is 5.92 Å². The molecule has 0 N–H and O–H groups in total. The molecule has 1 aliphatic carbocycles. The van der Waals surface area contributed by atoms with Crippen LogP contribution in [0, 0.1) is 18.3 Å². The molecule has 1 fully saturated rings. The minimum atomic E-state index is -0.658. The van der Waals surface area contributed by atoms with Gasteiger partial charge in [-0.05, 0) is 52.5 Å². The van der Waals surface area contributed by atoms with Gasteiger partial charge in [-0.15, -0.1) is 12.3 Å². The van der Waals surface area contributed by atoms with Crippen LogP contribution < -0.4 is 0 Å². The fraction of sp³-hybridized carbons (Fsp3) is 0.688. The van der Waals surface area contributed by atoms with E-state index in [4.69, 9.17) is 15.9 Å². The third-order valence-electron chi connectivity index (χ3n) is 3.50. The number of rotatable bonds is 3. The maximum absolute atomic E-state index is 11.9. The monoisotopic (exact) mass is 264 g/mol. The van der Waals surface area contributed by atoms with Gasteiger partial charge in [0, 0.05) is 12.3 Å². The first-order valence-corrected chi connectivity index (χ1v) is 6.73. The van der Waals surface area contributed by atoms with Crippen molar-refractivity contribution in [2.75, 3.05) is 0 Å². The number of hydrogen-bond donors (Lipinski definition) is 0. The summed E-state index contributed by atoms with van der Waals surface area (Å²) in [5.74, 6) is 2.81. The highest BCUT2D eigenvalue weighted by Crippen LogP contribution is 2.45. The lowest BCUT2D eigenvalue weighted by Gasteiger charge is -2.35. The van der Waals surface area contributed by atoms with E-state index in [0.717, 1.165) is 24.8 Å². The molecular formula is C16H24O3. The second-order valence-corrected chi connectivity index (χ2v) is 6.23. The summed E-state index contributed by atoms with van der Waals surface area (Å²) in [5, 5.41) is 0. The molecule has 1 saturated carbocycles. The summed E-state index contributed by atoms with van der Waals surface area (Å²) in [6.07, 6.45) is 8.08. The number of terminal acetylenes is 1. The van der Waals surface area contributed by atoms with Gasteiger partial charge in [0.25, 0.3) is 0 Å². The normalized spacial score (nSPS) is 26.6. The van der Waals surface area contributed by atoms with Gasteiger partial charge in [0.2, 0.25) is 0 Å². The fourth-order valence-corrected chi connectivity index (χ4v) is 2.66. The molecule has 0 heterocycles. The van der Waals surface area contributed by atoms with Crippen LogP contribution in [-0.2, 0) is 9.47 Å². The molecule has 0 aliphatic heterocycles. The Balaban J connectivity index is 2.87. The van der Waals surface area contributed by atoms with Crippen LogP contribution in [-0.4, -0.2) is 17.4 Å². The molecule has 3 heteroatoms. The molecule has 0 aromatic rings. The van der Waals surface area contributed by atoms with Crippen LogP contribution >= 0.6 is 0 Å². The molecule has 0 amide bonds. The highest BCUT2D eigenvalue weighted by Gasteiger charge is 2.47. The average molecular weight is 264 g/mol. The van der Waals surface area contributed by atoms with Crippen LogP contribution in [0.3, 0.4) is 0 Å². The summed E-state index contributed by atoms with van der Waals surface area (Å²) >= 11 is 0. The van der Waals surface area contributed by atoms with Gasteiger partial charge in [-0.1, -0.05) is 6.58 Å². The van der Waals surface area contributed by atoms with Gasteiger partial charge >= 0.3 is 6.16 Å². The Morgan fingerprint density at radius 3 is 2.63 bits per heavy atom. The molecule has 0 spiro atoms. The molecule has 2 atom stereocenters. The highest BCUT2D eigenvalue weighted by molar-refractivity contribution is 5.62. The summed E-state index contributed by atoms with van der Waals surface area (Å²) in [7, 11) is 0. The molecule has 0 aromatic heterocycles. The van der Waals surface area contributed by atoms with E-state index >= 15 is 0 Å². The van der Waals surface area contributed by atoms with Crippen molar-refractivity contribution in [3.63, 3.8) is 0 Å². The van der Waals surface area contributed by atoms with Gasteiger partial charge in [0.05, 0.1) is 0 Å². The van der Waals surface area contributed by atoms with Crippen LogP contribution in [0.4, 0.5) is 4.79 Å². The van der Waals surface area contributed by atoms with Crippen molar-refractivity contribution < 1.29 is 14.3 Å². The van der Waals surface area contributed by atoms with Crippen molar-refractivity contribution in [1.82, 2.24) is 0 Å². The molecule has 1 aliphatic rings. The number of hydrogen-bond acceptors (Lipinski definition) is 3. The maximum atomic E-state index is 11.9. The predicted octanol–water partition coefficient (Wildman–Crippen LogP) is 4.08. The van der Waals surface area contributed by atoms with Crippen LogP contribution in [0.25, 0.3) is 0 Å². The Hall–Kier alpha value is -1.43. The molecule has 106 valence electrons. The van der Waals surface area contributed by atoms with Gasteiger partial charge in [-0.3, -0.25) is 0 Å². The largest absolute Gasteiger partial charge is 0.509 e. The molecule has 0 unspecified atom stereocenters. The van der Waals surface area contributed by atoms with E-state index in [1.54, 1.807) is 0 Å². The first kappa shape index (κ1) is 15.6. The van der Waals surface area contributed by atoms with E-state index in [2.05, 4.69) is 12.5 Å². The standard InChI is InChI=1S/C16H24O3/c1-7-9-13-10-8-11-16(13,12(2)3)19-14(17)18-15(4,5)6/h1,13H,2,8-11H2,3-6H3/t13-,16-/m0/s1. The lowest BCUT2D eigenvalue weighted by molar-refractivity contribution is -0.0649. The van der Waals surface area contributed by atoms with E-state index in [9.17, 15) is 4.79 Å². The van der Waals surface area contributed by atoms with Crippen LogP contribution in [0.1, 0.15) is 53.4 Å². The van der Waals surface area contributed by atoms with Crippen molar-refractivity contribution in [1.29, 1.82) is 0 Å². The molecule has 3 nitrogen and oxygen atoms in total. The summed E-state index contributed by atoms with van der Waals surface area (Å²) in [4.78, 5) is 11.9. The van der Waals surface area contributed by atoms with E-state index in [1.165, 1.54) is 0 Å². The summed E-state index contributed by atoms with van der Waals surface area (Å²) in [6.45, 7) is 11.3. The summed E-state index contributed by atoms with van der Waals surface area (Å²) in [6, 6.07) is 0. The van der Waals surface area contributed by atoms with Gasteiger partial charge in [0.1, 0.15) is 11.2 Å². The zero-order valence-electron chi connectivity index (χ0n) is 12.4. The van der Waals surface area contributed by atoms with E-state index in [1.807, 2.05) is 27.7 Å². The molecule has 0 aromatic carbocycles. The fourth-order valence-electron chi connectivity index (χ4n) is 2.66. The molecule has 0 radical (unpaired) electrons. The molecule has 0 bridgehead atoms. The second kappa shape index (κ2) is 5.69. The van der Waals surface area contributed by atoms with Crippen molar-refractivity contribution in [3.05, 3.63) is 12.2 Å². The first-order chi connectivity index (χ1) is 8.71. The Bertz CT molecular complexity index is 397. The average Bonchev–Trinajstić information content (AvgIpc) is 2.60. The Morgan fingerprint density at radius 1 is 1.53 bits per heavy atom. The van der Waals surface area contributed by atoms with E-state index < -0.39 is 17.4 Å². The molecule has 0 saturated heterocycles. The van der Waals surface area contributed by atoms with Crippen LogP contribution in [0.2, 0.25) is 0 Å². The maximum Gasteiger partial charge on any atom is 0.509 e. The summed E-state index contributed by atoms with van der Waals surface area (Å²) < 4.78 is 10.9. The van der Waals surface area contributed by atoms with Crippen molar-refractivity contribution in [3.8, 4) is 12.3 Å². The first-order valence-electron chi connectivity index (χ1n) is 6.73. The number of carbonyl (C=O) groups is 1. The van der Waals surface area contributed by atoms with Gasteiger partial charge in [-0.2, -0.15) is 0 Å². The zero-order chi connectivity index (χ0) is 14.7. The van der Waals surface area contributed by atoms with E-state index in [0.29, 0.717) is 6.42 Å². The minimum absolute atomic E-state index is 0.141. The Morgan fingerprint density at radius 2 is 2.16 bits per heavy atom. The zero-order valence-corrected chi connectivity index (χ0v) is 12.4. The quantitative estimate of drug-likeness (QED) is 0.438. The van der Waals surface area contributed by atoms with Crippen molar-refractivity contribution >= 4 is 6.16 Å². The molecular weight excluding hydrogens is 240 g/mol. The number of carbonyl (C=O) groups excluding carboxylic acids is 1. The van der Waals surface area contributed by atoms with Crippen LogP contribution in [0.5, 0.6) is 0 Å². The summed E-state index contributed by atoms with van der Waals surface area (Å²) in [5.41, 5.74) is -0.376. The molecule has 1 rings (SSSR count). The predicted molar refractivity (Wildman–Crippen MR) is 75.7 cm³/mol.